The maximum atomic E-state index is 13.3. The molecule has 0 bridgehead atoms. The van der Waals surface area contributed by atoms with E-state index in [0.717, 1.165) is 5.06 Å². The summed E-state index contributed by atoms with van der Waals surface area (Å²) >= 11 is 0. The largest absolute Gasteiger partial charge is 0.430 e. The fraction of sp³-hybridized carbons (Fsp3) is 0.478. The number of benzene rings is 1. The van der Waals surface area contributed by atoms with Gasteiger partial charge in [-0.05, 0) is 59.7 Å². The van der Waals surface area contributed by atoms with Gasteiger partial charge in [-0.1, -0.05) is 6.92 Å². The number of carbonyl (C=O) groups excluding carboxylic acids is 4. The number of ether oxygens (including phenoxy) is 1. The van der Waals surface area contributed by atoms with Crippen molar-refractivity contribution in [1.29, 1.82) is 0 Å². The molecule has 0 fully saturated rings. The van der Waals surface area contributed by atoms with Crippen LogP contribution in [0.25, 0.3) is 5.57 Å². The van der Waals surface area contributed by atoms with Crippen LogP contribution < -0.4 is 10.4 Å². The Morgan fingerprint density at radius 3 is 2.06 bits per heavy atom. The van der Waals surface area contributed by atoms with Crippen LogP contribution in [0.15, 0.2) is 24.0 Å². The predicted molar refractivity (Wildman–Crippen MR) is 117 cm³/mol. The molecule has 0 unspecified atom stereocenters. The van der Waals surface area contributed by atoms with Crippen LogP contribution in [0.2, 0.25) is 0 Å². The lowest BCUT2D eigenvalue weighted by Crippen LogP contribution is -2.35. The molecule has 8 heteroatoms. The number of carbonyl (C=O) groups is 4. The molecule has 0 aromatic heterocycles. The second-order valence-corrected chi connectivity index (χ2v) is 9.43. The number of anilines is 2. The second kappa shape index (κ2) is 8.53. The average molecular weight is 431 g/mol. The zero-order valence-electron chi connectivity index (χ0n) is 19.3. The third-order valence-electron chi connectivity index (χ3n) is 4.42. The fourth-order valence-corrected chi connectivity index (χ4v) is 2.66. The number of rotatable bonds is 4. The summed E-state index contributed by atoms with van der Waals surface area (Å²) in [6.07, 6.45) is 0.275. The first-order valence-corrected chi connectivity index (χ1v) is 10.1. The standard InChI is InChI=1S/C23H30N2O6/c1-9-17(30-20(28)22(3,4)5)18-15-11-10-14(24-13(2)26)12-16(15)25(19(18)27)31-21(29)23(6,7)8/h10-12H,9H2,1-8H3,(H,24,26)/b18-17-. The lowest BCUT2D eigenvalue weighted by Gasteiger charge is -2.22. The van der Waals surface area contributed by atoms with Gasteiger partial charge in [-0.25, -0.2) is 4.79 Å². The molecule has 2 amide bonds. The first-order valence-electron chi connectivity index (χ1n) is 10.1. The van der Waals surface area contributed by atoms with Crippen molar-refractivity contribution in [2.75, 3.05) is 10.4 Å². The molecule has 0 saturated heterocycles. The van der Waals surface area contributed by atoms with E-state index in [0.29, 0.717) is 11.3 Å². The third kappa shape index (κ3) is 5.31. The van der Waals surface area contributed by atoms with Crippen molar-refractivity contribution in [1.82, 2.24) is 0 Å². The van der Waals surface area contributed by atoms with Crippen LogP contribution in [0, 0.1) is 10.8 Å². The first kappa shape index (κ1) is 24.1. The molecule has 168 valence electrons. The number of nitrogens with one attached hydrogen (secondary N) is 1. The van der Waals surface area contributed by atoms with Gasteiger partial charge in [-0.3, -0.25) is 14.4 Å². The Bertz CT molecular complexity index is 963. The first-order chi connectivity index (χ1) is 14.2. The zero-order valence-corrected chi connectivity index (χ0v) is 19.3. The van der Waals surface area contributed by atoms with E-state index in [-0.39, 0.29) is 29.3 Å². The minimum Gasteiger partial charge on any atom is -0.430 e. The Labute approximate surface area is 182 Å². The van der Waals surface area contributed by atoms with Gasteiger partial charge in [0.05, 0.1) is 22.1 Å². The Hall–Kier alpha value is -3.16. The normalized spacial score (nSPS) is 15.4. The van der Waals surface area contributed by atoms with Crippen LogP contribution in [0.4, 0.5) is 11.4 Å². The van der Waals surface area contributed by atoms with E-state index in [2.05, 4.69) is 5.32 Å². The molecule has 0 radical (unpaired) electrons. The topological polar surface area (TPSA) is 102 Å². The molecule has 1 aromatic rings. The van der Waals surface area contributed by atoms with Crippen molar-refractivity contribution in [2.24, 2.45) is 10.8 Å². The summed E-state index contributed by atoms with van der Waals surface area (Å²) in [7, 11) is 0. The van der Waals surface area contributed by atoms with Gasteiger partial charge in [0.2, 0.25) is 5.91 Å². The van der Waals surface area contributed by atoms with Gasteiger partial charge in [0, 0.05) is 24.6 Å². The van der Waals surface area contributed by atoms with Crippen molar-refractivity contribution >= 4 is 40.7 Å². The molecule has 31 heavy (non-hydrogen) atoms. The lowest BCUT2D eigenvalue weighted by atomic mass is 9.97. The number of fused-ring (bicyclic) bond motifs is 1. The molecular weight excluding hydrogens is 400 g/mol. The monoisotopic (exact) mass is 430 g/mol. The van der Waals surface area contributed by atoms with Gasteiger partial charge >= 0.3 is 11.9 Å². The number of hydrogen-bond donors (Lipinski definition) is 1. The summed E-state index contributed by atoms with van der Waals surface area (Å²) in [5.74, 6) is -1.81. The van der Waals surface area contributed by atoms with Gasteiger partial charge in [-0.15, -0.1) is 5.06 Å². The summed E-state index contributed by atoms with van der Waals surface area (Å²) in [4.78, 5) is 55.2. The Kier molecular flexibility index (Phi) is 6.63. The minimum absolute atomic E-state index is 0.145. The fourth-order valence-electron chi connectivity index (χ4n) is 2.66. The average Bonchev–Trinajstić information content (AvgIpc) is 2.89. The Morgan fingerprint density at radius 2 is 1.58 bits per heavy atom. The Balaban J connectivity index is 2.62. The molecule has 0 saturated carbocycles. The highest BCUT2D eigenvalue weighted by Crippen LogP contribution is 2.42. The van der Waals surface area contributed by atoms with E-state index in [1.54, 1.807) is 60.6 Å². The van der Waals surface area contributed by atoms with Crippen LogP contribution in [0.5, 0.6) is 0 Å². The number of esters is 1. The summed E-state index contributed by atoms with van der Waals surface area (Å²) in [6.45, 7) is 13.3. The van der Waals surface area contributed by atoms with E-state index < -0.39 is 28.7 Å². The second-order valence-electron chi connectivity index (χ2n) is 9.43. The maximum absolute atomic E-state index is 13.3. The van der Waals surface area contributed by atoms with Crippen molar-refractivity contribution in [2.45, 2.75) is 61.8 Å². The predicted octanol–water partition coefficient (Wildman–Crippen LogP) is 4.21. The molecule has 1 N–H and O–H groups in total. The minimum atomic E-state index is -0.853. The van der Waals surface area contributed by atoms with Gasteiger partial charge in [0.15, 0.2) is 0 Å². The molecule has 1 aliphatic heterocycles. The van der Waals surface area contributed by atoms with Crippen molar-refractivity contribution < 1.29 is 28.8 Å². The molecule has 0 spiro atoms. The lowest BCUT2D eigenvalue weighted by molar-refractivity contribution is -0.157. The number of hydroxylamine groups is 1. The third-order valence-corrected chi connectivity index (χ3v) is 4.42. The highest BCUT2D eigenvalue weighted by Gasteiger charge is 2.41. The highest BCUT2D eigenvalue weighted by atomic mass is 16.7. The summed E-state index contributed by atoms with van der Waals surface area (Å²) < 4.78 is 5.57. The zero-order chi connectivity index (χ0) is 23.7. The SMILES string of the molecule is CC/C(OC(=O)C(C)(C)C)=C1/C(=O)N(OC(=O)C(C)(C)C)c2cc(NC(C)=O)ccc21. The summed E-state index contributed by atoms with van der Waals surface area (Å²) in [5, 5.41) is 3.54. The van der Waals surface area contributed by atoms with Crippen molar-refractivity contribution in [3.8, 4) is 0 Å². The number of nitrogens with zero attached hydrogens (tertiary/aromatic N) is 1. The molecule has 2 rings (SSSR count). The number of amides is 2. The van der Waals surface area contributed by atoms with Crippen molar-refractivity contribution in [3.63, 3.8) is 0 Å². The molecular formula is C23H30N2O6. The molecule has 1 aliphatic rings. The van der Waals surface area contributed by atoms with E-state index in [1.807, 2.05) is 0 Å². The van der Waals surface area contributed by atoms with E-state index in [4.69, 9.17) is 9.57 Å². The van der Waals surface area contributed by atoms with E-state index >= 15 is 0 Å². The molecule has 1 aromatic carbocycles. The smallest absolute Gasteiger partial charge is 0.338 e. The van der Waals surface area contributed by atoms with Gasteiger partial charge < -0.3 is 14.9 Å². The van der Waals surface area contributed by atoms with E-state index in [1.165, 1.54) is 13.0 Å². The molecule has 8 nitrogen and oxygen atoms in total. The van der Waals surface area contributed by atoms with Gasteiger partial charge in [0.25, 0.3) is 5.91 Å². The quantitative estimate of drug-likeness (QED) is 0.436. The molecule has 1 heterocycles. The summed E-state index contributed by atoms with van der Waals surface area (Å²) in [5.41, 5.74) is -0.317. The number of hydrogen-bond acceptors (Lipinski definition) is 6. The van der Waals surface area contributed by atoms with Crippen LogP contribution in [-0.4, -0.2) is 23.8 Å². The molecule has 0 aliphatic carbocycles. The van der Waals surface area contributed by atoms with E-state index in [9.17, 15) is 19.2 Å². The van der Waals surface area contributed by atoms with Crippen LogP contribution in [0.3, 0.4) is 0 Å². The van der Waals surface area contributed by atoms with Crippen LogP contribution in [0.1, 0.15) is 67.4 Å². The summed E-state index contributed by atoms with van der Waals surface area (Å²) in [6, 6.07) is 4.79. The van der Waals surface area contributed by atoms with Gasteiger partial charge in [0.1, 0.15) is 5.76 Å². The Morgan fingerprint density at radius 1 is 1.00 bits per heavy atom. The highest BCUT2D eigenvalue weighted by molar-refractivity contribution is 6.32. The van der Waals surface area contributed by atoms with Crippen molar-refractivity contribution in [3.05, 3.63) is 29.5 Å². The number of allylic oxidation sites excluding steroid dienone is 1. The van der Waals surface area contributed by atoms with Crippen LogP contribution >= 0.6 is 0 Å². The molecule has 0 atom stereocenters. The van der Waals surface area contributed by atoms with Crippen LogP contribution in [-0.2, 0) is 28.8 Å². The van der Waals surface area contributed by atoms with Gasteiger partial charge in [-0.2, -0.15) is 0 Å². The maximum Gasteiger partial charge on any atom is 0.338 e.